The van der Waals surface area contributed by atoms with Gasteiger partial charge in [0.15, 0.2) is 0 Å². The maximum absolute atomic E-state index is 12.2. The molecule has 2 aromatic carbocycles. The number of allylic oxidation sites excluding steroid dienone is 1. The quantitative estimate of drug-likeness (QED) is 0.629. The molecule has 4 heteroatoms. The molecule has 1 aliphatic rings. The minimum absolute atomic E-state index is 0.0540. The van der Waals surface area contributed by atoms with E-state index in [0.717, 1.165) is 19.3 Å². The lowest BCUT2D eigenvalue weighted by molar-refractivity contribution is -0.112. The monoisotopic (exact) mass is 340 g/mol. The van der Waals surface area contributed by atoms with Gasteiger partial charge in [-0.25, -0.2) is 0 Å². The number of hydrogen-bond donors (Lipinski definition) is 1. The summed E-state index contributed by atoms with van der Waals surface area (Å²) >= 11 is 5.86. The molecule has 24 heavy (non-hydrogen) atoms. The number of ketones is 2. The molecule has 3 rings (SSSR count). The molecule has 0 aliphatic heterocycles. The molecule has 0 saturated heterocycles. The van der Waals surface area contributed by atoms with Crippen molar-refractivity contribution in [2.45, 2.75) is 25.7 Å². The maximum Gasteiger partial charge on any atom is 0.234 e. The predicted molar refractivity (Wildman–Crippen MR) is 94.3 cm³/mol. The number of Topliss-reactive ketones (excluding diaryl/α,β-unsaturated/α-hetero) is 2. The van der Waals surface area contributed by atoms with Gasteiger partial charge in [-0.2, -0.15) is 0 Å². The molecule has 1 aliphatic carbocycles. The average molecular weight is 341 g/mol. The zero-order valence-corrected chi connectivity index (χ0v) is 13.8. The molecule has 0 bridgehead atoms. The largest absolute Gasteiger partial charge is 0.507 e. The van der Waals surface area contributed by atoms with Gasteiger partial charge in [0.05, 0.1) is 0 Å². The van der Waals surface area contributed by atoms with Crippen LogP contribution in [0.15, 0.2) is 54.1 Å². The van der Waals surface area contributed by atoms with E-state index in [-0.39, 0.29) is 16.9 Å². The molecule has 122 valence electrons. The molecule has 2 aromatic rings. The van der Waals surface area contributed by atoms with E-state index in [4.69, 9.17) is 11.6 Å². The summed E-state index contributed by atoms with van der Waals surface area (Å²) in [6.45, 7) is 0. The Bertz CT molecular complexity index is 819. The Morgan fingerprint density at radius 1 is 0.792 bits per heavy atom. The molecule has 0 amide bonds. The number of fused-ring (bicyclic) bond motifs is 1. The van der Waals surface area contributed by atoms with Crippen molar-refractivity contribution in [3.63, 3.8) is 0 Å². The van der Waals surface area contributed by atoms with E-state index < -0.39 is 11.6 Å². The smallest absolute Gasteiger partial charge is 0.234 e. The van der Waals surface area contributed by atoms with Crippen molar-refractivity contribution in [3.05, 3.63) is 75.8 Å². The first kappa shape index (κ1) is 16.5. The van der Waals surface area contributed by atoms with Crippen molar-refractivity contribution in [2.75, 3.05) is 0 Å². The minimum Gasteiger partial charge on any atom is -0.507 e. The van der Waals surface area contributed by atoms with E-state index >= 15 is 0 Å². The van der Waals surface area contributed by atoms with Crippen LogP contribution in [0.5, 0.6) is 0 Å². The summed E-state index contributed by atoms with van der Waals surface area (Å²) in [7, 11) is 0. The van der Waals surface area contributed by atoms with Gasteiger partial charge in [0.2, 0.25) is 11.6 Å². The van der Waals surface area contributed by atoms with E-state index in [9.17, 15) is 14.7 Å². The van der Waals surface area contributed by atoms with E-state index in [2.05, 4.69) is 0 Å². The summed E-state index contributed by atoms with van der Waals surface area (Å²) in [5.41, 5.74) is 2.14. The molecule has 3 nitrogen and oxygen atoms in total. The first-order valence-corrected chi connectivity index (χ1v) is 8.30. The van der Waals surface area contributed by atoms with Crippen LogP contribution in [0.2, 0.25) is 5.02 Å². The number of carbonyl (C=O) groups is 2. The minimum atomic E-state index is -0.585. The summed E-state index contributed by atoms with van der Waals surface area (Å²) in [4.78, 5) is 24.4. The van der Waals surface area contributed by atoms with E-state index in [0.29, 0.717) is 17.0 Å². The van der Waals surface area contributed by atoms with Gasteiger partial charge in [0, 0.05) is 21.7 Å². The number of unbranched alkanes of at least 4 members (excludes halogenated alkanes) is 1. The number of halogens is 1. The van der Waals surface area contributed by atoms with Gasteiger partial charge in [-0.05, 0) is 43.4 Å². The van der Waals surface area contributed by atoms with Crippen molar-refractivity contribution < 1.29 is 14.7 Å². The van der Waals surface area contributed by atoms with Crippen LogP contribution in [0.4, 0.5) is 0 Å². The predicted octanol–water partition coefficient (Wildman–Crippen LogP) is 4.79. The lowest BCUT2D eigenvalue weighted by Gasteiger charge is -2.17. The first-order chi connectivity index (χ1) is 11.6. The molecular formula is C20H17ClO3. The van der Waals surface area contributed by atoms with Crippen LogP contribution in [-0.2, 0) is 11.2 Å². The summed E-state index contributed by atoms with van der Waals surface area (Å²) in [6, 6.07) is 14.3. The SMILES string of the molecule is O=C1C(=O)c2ccccc2C(O)=C1CCCCc1ccc(Cl)cc1. The summed E-state index contributed by atoms with van der Waals surface area (Å²) in [5, 5.41) is 11.1. The van der Waals surface area contributed by atoms with Crippen LogP contribution >= 0.6 is 11.6 Å². The van der Waals surface area contributed by atoms with Crippen LogP contribution in [0, 0.1) is 0 Å². The first-order valence-electron chi connectivity index (χ1n) is 7.93. The van der Waals surface area contributed by atoms with Gasteiger partial charge in [-0.15, -0.1) is 0 Å². The number of benzene rings is 2. The number of aliphatic hydroxyl groups is 1. The Labute approximate surface area is 145 Å². The molecule has 0 atom stereocenters. The van der Waals surface area contributed by atoms with Gasteiger partial charge in [-0.1, -0.05) is 48.0 Å². The number of aliphatic hydroxyl groups excluding tert-OH is 1. The average Bonchev–Trinajstić information content (AvgIpc) is 2.60. The molecule has 0 spiro atoms. The third kappa shape index (κ3) is 3.26. The van der Waals surface area contributed by atoms with Gasteiger partial charge in [0.25, 0.3) is 0 Å². The van der Waals surface area contributed by atoms with Crippen molar-refractivity contribution >= 4 is 28.9 Å². The van der Waals surface area contributed by atoms with E-state index in [1.807, 2.05) is 24.3 Å². The topological polar surface area (TPSA) is 54.4 Å². The molecular weight excluding hydrogens is 324 g/mol. The number of aryl methyl sites for hydroxylation is 1. The zero-order valence-electron chi connectivity index (χ0n) is 13.1. The molecule has 0 aromatic heterocycles. The van der Waals surface area contributed by atoms with E-state index in [1.165, 1.54) is 5.56 Å². The Hall–Kier alpha value is -2.39. The summed E-state index contributed by atoms with van der Waals surface area (Å²) in [6.07, 6.45) is 2.85. The van der Waals surface area contributed by atoms with E-state index in [1.54, 1.807) is 24.3 Å². The van der Waals surface area contributed by atoms with Gasteiger partial charge < -0.3 is 5.11 Å². The molecule has 0 unspecified atom stereocenters. The lowest BCUT2D eigenvalue weighted by Crippen LogP contribution is -2.24. The van der Waals surface area contributed by atoms with Crippen LogP contribution in [0.1, 0.15) is 40.7 Å². The maximum atomic E-state index is 12.2. The third-order valence-electron chi connectivity index (χ3n) is 4.25. The molecule has 0 fully saturated rings. The molecule has 0 heterocycles. The summed E-state index contributed by atoms with van der Waals surface area (Å²) in [5.74, 6) is -1.17. The fourth-order valence-electron chi connectivity index (χ4n) is 2.93. The van der Waals surface area contributed by atoms with Gasteiger partial charge >= 0.3 is 0 Å². The van der Waals surface area contributed by atoms with Crippen molar-refractivity contribution in [1.82, 2.24) is 0 Å². The second-order valence-corrected chi connectivity index (χ2v) is 6.30. The highest BCUT2D eigenvalue weighted by Gasteiger charge is 2.31. The highest BCUT2D eigenvalue weighted by molar-refractivity contribution is 6.52. The van der Waals surface area contributed by atoms with Crippen LogP contribution in [0.25, 0.3) is 5.76 Å². The molecule has 0 radical (unpaired) electrons. The third-order valence-corrected chi connectivity index (χ3v) is 4.50. The van der Waals surface area contributed by atoms with Crippen LogP contribution in [0.3, 0.4) is 0 Å². The zero-order chi connectivity index (χ0) is 17.1. The number of rotatable bonds is 5. The Morgan fingerprint density at radius 2 is 1.42 bits per heavy atom. The highest BCUT2D eigenvalue weighted by atomic mass is 35.5. The Kier molecular flexibility index (Phi) is 4.81. The Morgan fingerprint density at radius 3 is 2.12 bits per heavy atom. The van der Waals surface area contributed by atoms with Gasteiger partial charge in [-0.3, -0.25) is 9.59 Å². The lowest BCUT2D eigenvalue weighted by atomic mass is 9.86. The normalized spacial score (nSPS) is 14.0. The summed E-state index contributed by atoms with van der Waals surface area (Å²) < 4.78 is 0. The van der Waals surface area contributed by atoms with Crippen molar-refractivity contribution in [1.29, 1.82) is 0 Å². The standard InChI is InChI=1S/C20H17ClO3/c21-14-11-9-13(10-12-14)5-1-2-8-17-18(22)15-6-3-4-7-16(15)19(23)20(17)24/h3-4,6-7,9-12,22H,1-2,5,8H2. The fraction of sp³-hybridized carbons (Fsp3) is 0.200. The van der Waals surface area contributed by atoms with Crippen molar-refractivity contribution in [3.8, 4) is 0 Å². The Balaban J connectivity index is 1.67. The molecule has 0 saturated carbocycles. The number of hydrogen-bond acceptors (Lipinski definition) is 3. The second-order valence-electron chi connectivity index (χ2n) is 5.86. The fourth-order valence-corrected chi connectivity index (χ4v) is 3.06. The van der Waals surface area contributed by atoms with Gasteiger partial charge in [0.1, 0.15) is 5.76 Å². The number of carbonyl (C=O) groups excluding carboxylic acids is 2. The van der Waals surface area contributed by atoms with Crippen molar-refractivity contribution in [2.24, 2.45) is 0 Å². The van der Waals surface area contributed by atoms with Crippen LogP contribution < -0.4 is 0 Å². The molecule has 1 N–H and O–H groups in total. The second kappa shape index (κ2) is 7.02. The van der Waals surface area contributed by atoms with Crippen LogP contribution in [-0.4, -0.2) is 16.7 Å². The highest BCUT2D eigenvalue weighted by Crippen LogP contribution is 2.30.